The Morgan fingerprint density at radius 2 is 2.20 bits per heavy atom. The number of amides is 1. The smallest absolute Gasteiger partial charge is 0.292 e. The Labute approximate surface area is 126 Å². The number of nitro groups is 1. The van der Waals surface area contributed by atoms with Crippen LogP contribution in [0, 0.1) is 10.1 Å². The van der Waals surface area contributed by atoms with Crippen LogP contribution in [0.2, 0.25) is 5.02 Å². The molecule has 108 valence electrons. The number of nitrogens with one attached hydrogen (secondary N) is 2. The maximum Gasteiger partial charge on any atom is 0.292 e. The Hall–Kier alpha value is -1.73. The summed E-state index contributed by atoms with van der Waals surface area (Å²) >= 11 is 10.7. The summed E-state index contributed by atoms with van der Waals surface area (Å²) in [6.07, 6.45) is 2.01. The lowest BCUT2D eigenvalue weighted by Gasteiger charge is -2.10. The van der Waals surface area contributed by atoms with Gasteiger partial charge in [0, 0.05) is 17.5 Å². The summed E-state index contributed by atoms with van der Waals surface area (Å²) in [5.41, 5.74) is -0.0251. The molecule has 0 bridgehead atoms. The van der Waals surface area contributed by atoms with E-state index in [0.29, 0.717) is 11.4 Å². The van der Waals surface area contributed by atoms with E-state index in [1.165, 1.54) is 18.2 Å². The fraction of sp³-hybridized carbons (Fsp3) is 0.333. The number of hydrogen-bond donors (Lipinski definition) is 2. The maximum absolute atomic E-state index is 11.5. The van der Waals surface area contributed by atoms with E-state index in [-0.39, 0.29) is 22.4 Å². The summed E-state index contributed by atoms with van der Waals surface area (Å²) in [7, 11) is 0. The molecule has 8 heteroatoms. The van der Waals surface area contributed by atoms with Crippen LogP contribution >= 0.6 is 23.8 Å². The van der Waals surface area contributed by atoms with Gasteiger partial charge < -0.3 is 10.6 Å². The van der Waals surface area contributed by atoms with Gasteiger partial charge in [0.1, 0.15) is 5.69 Å². The number of benzene rings is 1. The number of unbranched alkanes of at least 4 members (excludes halogenated alkanes) is 1. The zero-order valence-corrected chi connectivity index (χ0v) is 12.4. The predicted molar refractivity (Wildman–Crippen MR) is 82.0 cm³/mol. The molecular weight excluding hydrogens is 302 g/mol. The second kappa shape index (κ2) is 7.76. The van der Waals surface area contributed by atoms with Gasteiger partial charge in [0.05, 0.1) is 4.92 Å². The minimum absolute atomic E-state index is 0.0106. The van der Waals surface area contributed by atoms with Crippen LogP contribution in [-0.4, -0.2) is 15.9 Å². The third-order valence-electron chi connectivity index (χ3n) is 2.41. The Morgan fingerprint density at radius 3 is 2.80 bits per heavy atom. The molecule has 0 aliphatic heterocycles. The van der Waals surface area contributed by atoms with Crippen LogP contribution in [0.25, 0.3) is 0 Å². The summed E-state index contributed by atoms with van der Waals surface area (Å²) < 4.78 is 0. The van der Waals surface area contributed by atoms with Crippen LogP contribution in [0.3, 0.4) is 0 Å². The van der Waals surface area contributed by atoms with Crippen molar-refractivity contribution in [3.8, 4) is 0 Å². The quantitative estimate of drug-likeness (QED) is 0.495. The standard InChI is InChI=1S/C12H14ClN3O3S/c1-2-3-4-11(17)15-12(20)14-9-7-8(13)5-6-10(9)16(18)19/h5-7H,2-4H2,1H3,(H2,14,15,17,20). The van der Waals surface area contributed by atoms with Crippen LogP contribution in [0.4, 0.5) is 11.4 Å². The molecule has 0 radical (unpaired) electrons. The first-order valence-corrected chi connectivity index (χ1v) is 6.77. The van der Waals surface area contributed by atoms with E-state index >= 15 is 0 Å². The first-order valence-electron chi connectivity index (χ1n) is 5.98. The molecular formula is C12H14ClN3O3S. The first-order chi connectivity index (χ1) is 9.43. The van der Waals surface area contributed by atoms with Gasteiger partial charge in [-0.3, -0.25) is 14.9 Å². The van der Waals surface area contributed by atoms with Crippen LogP contribution in [0.5, 0.6) is 0 Å². The van der Waals surface area contributed by atoms with E-state index in [9.17, 15) is 14.9 Å². The average molecular weight is 316 g/mol. The lowest BCUT2D eigenvalue weighted by atomic mass is 10.2. The molecule has 0 aromatic heterocycles. The molecule has 20 heavy (non-hydrogen) atoms. The van der Waals surface area contributed by atoms with E-state index in [1.807, 2.05) is 6.92 Å². The summed E-state index contributed by atoms with van der Waals surface area (Å²) in [6, 6.07) is 4.06. The highest BCUT2D eigenvalue weighted by Gasteiger charge is 2.15. The second-order valence-electron chi connectivity index (χ2n) is 4.02. The van der Waals surface area contributed by atoms with Crippen LogP contribution in [-0.2, 0) is 4.79 Å². The SMILES string of the molecule is CCCCC(=O)NC(=S)Nc1cc(Cl)ccc1[N+](=O)[O-]. The summed E-state index contributed by atoms with van der Waals surface area (Å²) in [6.45, 7) is 1.97. The Morgan fingerprint density at radius 1 is 1.50 bits per heavy atom. The zero-order chi connectivity index (χ0) is 15.1. The molecule has 0 fully saturated rings. The highest BCUT2D eigenvalue weighted by Crippen LogP contribution is 2.27. The molecule has 0 aliphatic carbocycles. The monoisotopic (exact) mass is 315 g/mol. The van der Waals surface area contributed by atoms with Crippen molar-refractivity contribution in [3.63, 3.8) is 0 Å². The zero-order valence-electron chi connectivity index (χ0n) is 10.8. The Bertz CT molecular complexity index is 537. The number of nitrogens with zero attached hydrogens (tertiary/aromatic N) is 1. The van der Waals surface area contributed by atoms with Crippen molar-refractivity contribution in [1.29, 1.82) is 0 Å². The summed E-state index contributed by atoms with van der Waals surface area (Å²) in [5, 5.41) is 16.3. The van der Waals surface area contributed by atoms with Gasteiger partial charge in [-0.15, -0.1) is 0 Å². The molecule has 1 aromatic rings. The molecule has 0 heterocycles. The third-order valence-corrected chi connectivity index (χ3v) is 2.85. The molecule has 0 aliphatic rings. The van der Waals surface area contributed by atoms with Gasteiger partial charge in [-0.1, -0.05) is 24.9 Å². The topological polar surface area (TPSA) is 84.3 Å². The highest BCUT2D eigenvalue weighted by atomic mass is 35.5. The number of thiocarbonyl (C=S) groups is 1. The van der Waals surface area contributed by atoms with Gasteiger partial charge in [0.25, 0.3) is 5.69 Å². The molecule has 0 atom stereocenters. The van der Waals surface area contributed by atoms with Gasteiger partial charge in [0.2, 0.25) is 5.91 Å². The largest absolute Gasteiger partial charge is 0.327 e. The number of nitro benzene ring substituents is 1. The number of carbonyl (C=O) groups excluding carboxylic acids is 1. The fourth-order valence-corrected chi connectivity index (χ4v) is 1.84. The van der Waals surface area contributed by atoms with Crippen LogP contribution in [0.1, 0.15) is 26.2 Å². The molecule has 1 rings (SSSR count). The fourth-order valence-electron chi connectivity index (χ4n) is 1.45. The normalized spacial score (nSPS) is 9.90. The number of carbonyl (C=O) groups is 1. The van der Waals surface area contributed by atoms with Crippen molar-refractivity contribution in [2.24, 2.45) is 0 Å². The predicted octanol–water partition coefficient (Wildman–Crippen LogP) is 3.25. The van der Waals surface area contributed by atoms with E-state index < -0.39 is 4.92 Å². The van der Waals surface area contributed by atoms with E-state index in [2.05, 4.69) is 10.6 Å². The van der Waals surface area contributed by atoms with Gasteiger partial charge in [-0.25, -0.2) is 0 Å². The second-order valence-corrected chi connectivity index (χ2v) is 4.87. The number of rotatable bonds is 5. The lowest BCUT2D eigenvalue weighted by molar-refractivity contribution is -0.383. The minimum atomic E-state index is -0.555. The van der Waals surface area contributed by atoms with Crippen molar-refractivity contribution in [3.05, 3.63) is 33.3 Å². The molecule has 1 aromatic carbocycles. The van der Waals surface area contributed by atoms with Crippen molar-refractivity contribution < 1.29 is 9.72 Å². The van der Waals surface area contributed by atoms with Gasteiger partial charge in [-0.2, -0.15) is 0 Å². The van der Waals surface area contributed by atoms with Gasteiger partial charge >= 0.3 is 0 Å². The maximum atomic E-state index is 11.5. The average Bonchev–Trinajstić information content (AvgIpc) is 2.35. The Kier molecular flexibility index (Phi) is 6.33. The molecule has 0 saturated carbocycles. The number of halogens is 1. The molecule has 1 amide bonds. The van der Waals surface area contributed by atoms with Crippen LogP contribution < -0.4 is 10.6 Å². The van der Waals surface area contributed by atoms with Crippen LogP contribution in [0.15, 0.2) is 18.2 Å². The third kappa shape index (κ3) is 5.10. The highest BCUT2D eigenvalue weighted by molar-refractivity contribution is 7.80. The molecule has 6 nitrogen and oxygen atoms in total. The minimum Gasteiger partial charge on any atom is -0.327 e. The van der Waals surface area contributed by atoms with Crippen molar-refractivity contribution in [1.82, 2.24) is 5.32 Å². The summed E-state index contributed by atoms with van der Waals surface area (Å²) in [4.78, 5) is 21.8. The van der Waals surface area contributed by atoms with Gasteiger partial charge in [0.15, 0.2) is 5.11 Å². The molecule has 0 spiro atoms. The molecule has 0 unspecified atom stereocenters. The van der Waals surface area contributed by atoms with E-state index in [0.717, 1.165) is 12.8 Å². The first kappa shape index (κ1) is 16.3. The Balaban J connectivity index is 2.72. The van der Waals surface area contributed by atoms with E-state index in [1.54, 1.807) is 0 Å². The van der Waals surface area contributed by atoms with E-state index in [4.69, 9.17) is 23.8 Å². The number of hydrogen-bond acceptors (Lipinski definition) is 4. The number of anilines is 1. The summed E-state index contributed by atoms with van der Waals surface area (Å²) in [5.74, 6) is -0.228. The lowest BCUT2D eigenvalue weighted by Crippen LogP contribution is -2.34. The van der Waals surface area contributed by atoms with Crippen molar-refractivity contribution in [2.45, 2.75) is 26.2 Å². The molecule has 2 N–H and O–H groups in total. The molecule has 0 saturated heterocycles. The van der Waals surface area contributed by atoms with Gasteiger partial charge in [-0.05, 0) is 30.8 Å². The van der Waals surface area contributed by atoms with Crippen molar-refractivity contribution >= 4 is 46.2 Å². The van der Waals surface area contributed by atoms with Crippen molar-refractivity contribution in [2.75, 3.05) is 5.32 Å².